The van der Waals surface area contributed by atoms with Crippen LogP contribution in [0.15, 0.2) is 59.9 Å². The molecular weight excluding hydrogens is 433 g/mol. The monoisotopic (exact) mass is 449 g/mol. The minimum atomic E-state index is -0.500. The van der Waals surface area contributed by atoms with Gasteiger partial charge < -0.3 is 10.3 Å². The van der Waals surface area contributed by atoms with E-state index in [1.165, 1.54) is 35.4 Å². The van der Waals surface area contributed by atoms with E-state index in [0.29, 0.717) is 45.5 Å². The van der Waals surface area contributed by atoms with Gasteiger partial charge in [0, 0.05) is 5.02 Å². The van der Waals surface area contributed by atoms with Gasteiger partial charge in [-0.2, -0.15) is 0 Å². The minimum absolute atomic E-state index is 0.191. The predicted octanol–water partition coefficient (Wildman–Crippen LogP) is 4.41. The summed E-state index contributed by atoms with van der Waals surface area (Å²) in [6.45, 7) is 1.97. The van der Waals surface area contributed by atoms with Gasteiger partial charge >= 0.3 is 0 Å². The van der Waals surface area contributed by atoms with Crippen molar-refractivity contribution < 1.29 is 4.39 Å². The van der Waals surface area contributed by atoms with E-state index < -0.39 is 11.9 Å². The zero-order valence-corrected chi connectivity index (χ0v) is 17.6. The molecule has 2 aromatic carbocycles. The number of aromatic amines is 1. The number of rotatable bonds is 5. The van der Waals surface area contributed by atoms with Crippen LogP contribution in [-0.4, -0.2) is 29.5 Å². The Balaban J connectivity index is 1.72. The molecular formula is C22H17ClFN7O. The lowest BCUT2D eigenvalue weighted by Gasteiger charge is -2.22. The van der Waals surface area contributed by atoms with E-state index in [1.54, 1.807) is 24.3 Å². The Morgan fingerprint density at radius 3 is 2.75 bits per heavy atom. The number of anilines is 1. The molecule has 0 aliphatic rings. The maximum absolute atomic E-state index is 13.9. The second-order valence-electron chi connectivity index (χ2n) is 7.18. The van der Waals surface area contributed by atoms with Gasteiger partial charge in [0.1, 0.15) is 23.5 Å². The van der Waals surface area contributed by atoms with E-state index in [0.717, 1.165) is 0 Å². The first kappa shape index (κ1) is 20.1. The van der Waals surface area contributed by atoms with E-state index in [2.05, 4.69) is 25.3 Å². The molecule has 0 spiro atoms. The third kappa shape index (κ3) is 3.46. The average molecular weight is 450 g/mol. The van der Waals surface area contributed by atoms with Crippen LogP contribution in [-0.2, 0) is 0 Å². The molecule has 0 unspecified atom stereocenters. The van der Waals surface area contributed by atoms with Crippen molar-refractivity contribution in [2.75, 3.05) is 5.32 Å². The number of hydrogen-bond acceptors (Lipinski definition) is 6. The Labute approximate surface area is 186 Å². The molecule has 0 saturated carbocycles. The summed E-state index contributed by atoms with van der Waals surface area (Å²) in [5, 5.41) is 4.08. The highest BCUT2D eigenvalue weighted by Crippen LogP contribution is 2.26. The van der Waals surface area contributed by atoms with Crippen molar-refractivity contribution in [3.63, 3.8) is 0 Å². The van der Waals surface area contributed by atoms with Crippen LogP contribution >= 0.6 is 11.6 Å². The van der Waals surface area contributed by atoms with Gasteiger partial charge in [-0.1, -0.05) is 18.5 Å². The third-order valence-corrected chi connectivity index (χ3v) is 5.45. The lowest BCUT2D eigenvalue weighted by molar-refractivity contribution is 0.628. The quantitative estimate of drug-likeness (QED) is 0.412. The van der Waals surface area contributed by atoms with Gasteiger partial charge in [-0.15, -0.1) is 0 Å². The molecule has 0 amide bonds. The minimum Gasteiger partial charge on any atom is -0.358 e. The third-order valence-electron chi connectivity index (χ3n) is 5.19. The zero-order chi connectivity index (χ0) is 22.2. The number of halogens is 2. The summed E-state index contributed by atoms with van der Waals surface area (Å²) < 4.78 is 15.4. The van der Waals surface area contributed by atoms with Crippen molar-refractivity contribution >= 4 is 39.5 Å². The zero-order valence-electron chi connectivity index (χ0n) is 16.9. The van der Waals surface area contributed by atoms with Gasteiger partial charge in [0.15, 0.2) is 11.5 Å². The number of nitrogens with zero attached hydrogens (tertiary/aromatic N) is 5. The summed E-state index contributed by atoms with van der Waals surface area (Å²) in [4.78, 5) is 33.9. The van der Waals surface area contributed by atoms with Gasteiger partial charge in [-0.05, 0) is 48.9 Å². The Kier molecular flexibility index (Phi) is 5.02. The van der Waals surface area contributed by atoms with Crippen LogP contribution in [0.5, 0.6) is 0 Å². The molecule has 1 atom stereocenters. The number of aromatic nitrogens is 6. The molecule has 160 valence electrons. The molecule has 0 bridgehead atoms. The molecule has 5 aromatic rings. The number of hydrogen-bond donors (Lipinski definition) is 2. The van der Waals surface area contributed by atoms with Crippen LogP contribution in [0.4, 0.5) is 10.2 Å². The second-order valence-corrected chi connectivity index (χ2v) is 7.61. The molecule has 2 N–H and O–H groups in total. The molecule has 10 heteroatoms. The fourth-order valence-corrected chi connectivity index (χ4v) is 3.76. The van der Waals surface area contributed by atoms with E-state index in [1.807, 2.05) is 6.92 Å². The normalized spacial score (nSPS) is 12.3. The molecule has 32 heavy (non-hydrogen) atoms. The Bertz CT molecular complexity index is 1500. The standard InChI is InChI=1S/C22H17ClFN7O/c1-2-16(29-20-18-19(26-10-25-18)27-11-28-20)21-30-17-8-5-13(24)9-15(17)22(32)31(21)14-6-3-12(23)4-7-14/h3-11,16H,2H2,1H3,(H2,25,26,27,28,29)/t16-/m0/s1. The summed E-state index contributed by atoms with van der Waals surface area (Å²) in [7, 11) is 0. The van der Waals surface area contributed by atoms with E-state index in [9.17, 15) is 9.18 Å². The molecule has 0 radical (unpaired) electrons. The number of H-pyrrole nitrogens is 1. The number of benzene rings is 2. The molecule has 5 rings (SSSR count). The Morgan fingerprint density at radius 2 is 1.97 bits per heavy atom. The summed E-state index contributed by atoms with van der Waals surface area (Å²) in [6, 6.07) is 10.4. The molecule has 0 saturated heterocycles. The van der Waals surface area contributed by atoms with Gasteiger partial charge in [-0.25, -0.2) is 24.3 Å². The maximum Gasteiger partial charge on any atom is 0.266 e. The number of imidazole rings is 1. The van der Waals surface area contributed by atoms with Crippen molar-refractivity contribution in [3.8, 4) is 5.69 Å². The first-order chi connectivity index (χ1) is 15.5. The van der Waals surface area contributed by atoms with Crippen LogP contribution in [0, 0.1) is 5.82 Å². The van der Waals surface area contributed by atoms with E-state index in [-0.39, 0.29) is 10.9 Å². The van der Waals surface area contributed by atoms with E-state index >= 15 is 0 Å². The topological polar surface area (TPSA) is 101 Å². The maximum atomic E-state index is 13.9. The Hall–Kier alpha value is -3.85. The summed E-state index contributed by atoms with van der Waals surface area (Å²) >= 11 is 6.05. The molecule has 3 aromatic heterocycles. The van der Waals surface area contributed by atoms with Crippen molar-refractivity contribution in [2.24, 2.45) is 0 Å². The van der Waals surface area contributed by atoms with Crippen molar-refractivity contribution in [1.82, 2.24) is 29.5 Å². The first-order valence-corrected chi connectivity index (χ1v) is 10.3. The fraction of sp³-hybridized carbons (Fsp3) is 0.136. The van der Waals surface area contributed by atoms with Crippen LogP contribution in [0.2, 0.25) is 5.02 Å². The lowest BCUT2D eigenvalue weighted by atomic mass is 10.1. The highest BCUT2D eigenvalue weighted by atomic mass is 35.5. The van der Waals surface area contributed by atoms with Crippen molar-refractivity contribution in [1.29, 1.82) is 0 Å². The second kappa shape index (κ2) is 8.01. The van der Waals surface area contributed by atoms with Crippen molar-refractivity contribution in [3.05, 3.63) is 82.1 Å². The van der Waals surface area contributed by atoms with Crippen LogP contribution in [0.25, 0.3) is 27.8 Å². The molecule has 3 heterocycles. The van der Waals surface area contributed by atoms with Gasteiger partial charge in [0.2, 0.25) is 0 Å². The lowest BCUT2D eigenvalue weighted by Crippen LogP contribution is -2.28. The number of nitrogens with one attached hydrogen (secondary N) is 2. The molecule has 8 nitrogen and oxygen atoms in total. The first-order valence-electron chi connectivity index (χ1n) is 9.94. The summed E-state index contributed by atoms with van der Waals surface area (Å²) in [5.41, 5.74) is 1.78. The smallest absolute Gasteiger partial charge is 0.266 e. The van der Waals surface area contributed by atoms with Gasteiger partial charge in [-0.3, -0.25) is 9.36 Å². The number of fused-ring (bicyclic) bond motifs is 2. The average Bonchev–Trinajstić information content (AvgIpc) is 3.28. The molecule has 0 aliphatic heterocycles. The van der Waals surface area contributed by atoms with Gasteiger partial charge in [0.05, 0.1) is 29.0 Å². The molecule has 0 aliphatic carbocycles. The Morgan fingerprint density at radius 1 is 1.16 bits per heavy atom. The SMILES string of the molecule is CC[C@H](Nc1ncnc2nc[nH]c12)c1nc2ccc(F)cc2c(=O)n1-c1ccc(Cl)cc1. The summed E-state index contributed by atoms with van der Waals surface area (Å²) in [5.74, 6) is 0.500. The highest BCUT2D eigenvalue weighted by molar-refractivity contribution is 6.30. The summed E-state index contributed by atoms with van der Waals surface area (Å²) in [6.07, 6.45) is 3.55. The van der Waals surface area contributed by atoms with Crippen LogP contribution in [0.1, 0.15) is 25.2 Å². The van der Waals surface area contributed by atoms with E-state index in [4.69, 9.17) is 16.6 Å². The fourth-order valence-electron chi connectivity index (χ4n) is 3.64. The van der Waals surface area contributed by atoms with Crippen LogP contribution < -0.4 is 10.9 Å². The largest absolute Gasteiger partial charge is 0.358 e. The molecule has 0 fully saturated rings. The van der Waals surface area contributed by atoms with Gasteiger partial charge in [0.25, 0.3) is 5.56 Å². The van der Waals surface area contributed by atoms with Crippen LogP contribution in [0.3, 0.4) is 0 Å². The van der Waals surface area contributed by atoms with Crippen molar-refractivity contribution in [2.45, 2.75) is 19.4 Å². The highest BCUT2D eigenvalue weighted by Gasteiger charge is 2.22. The predicted molar refractivity (Wildman–Crippen MR) is 121 cm³/mol.